The quantitative estimate of drug-likeness (QED) is 0.353. The van der Waals surface area contributed by atoms with Gasteiger partial charge in [0.1, 0.15) is 23.9 Å². The number of anilines is 1. The first-order valence-electron chi connectivity index (χ1n) is 12.9. The van der Waals surface area contributed by atoms with E-state index < -0.39 is 11.9 Å². The molecule has 3 aromatic carbocycles. The van der Waals surface area contributed by atoms with E-state index in [0.29, 0.717) is 11.6 Å². The highest BCUT2D eigenvalue weighted by molar-refractivity contribution is 5.87. The molecule has 0 aliphatic carbocycles. The van der Waals surface area contributed by atoms with Gasteiger partial charge in [0, 0.05) is 25.2 Å². The summed E-state index contributed by atoms with van der Waals surface area (Å²) in [6.45, 7) is 4.14. The van der Waals surface area contributed by atoms with Gasteiger partial charge in [-0.3, -0.25) is 4.90 Å². The van der Waals surface area contributed by atoms with Crippen LogP contribution in [0.5, 0.6) is 5.75 Å². The molecule has 3 saturated heterocycles. The van der Waals surface area contributed by atoms with Crippen molar-refractivity contribution in [1.29, 1.82) is 0 Å². The van der Waals surface area contributed by atoms with E-state index in [1.807, 2.05) is 12.1 Å². The van der Waals surface area contributed by atoms with Gasteiger partial charge in [-0.05, 0) is 53.6 Å². The third kappa shape index (κ3) is 5.93. The number of piperidine rings is 3. The number of quaternary nitrogens is 1. The number of rotatable bonds is 8. The lowest BCUT2D eigenvalue weighted by atomic mass is 9.83. The van der Waals surface area contributed by atoms with Crippen molar-refractivity contribution >= 4 is 11.8 Å². The van der Waals surface area contributed by atoms with E-state index in [0.717, 1.165) is 61.2 Å². The van der Waals surface area contributed by atoms with Crippen LogP contribution in [0.3, 0.4) is 0 Å². The molecule has 0 saturated carbocycles. The number of benzene rings is 3. The molecule has 37 heavy (non-hydrogen) atoms. The number of ether oxygens (including phenoxy) is 2. The number of nitrogens with zero attached hydrogens (tertiary/aromatic N) is 2. The van der Waals surface area contributed by atoms with Crippen LogP contribution < -0.4 is 9.64 Å². The summed E-state index contributed by atoms with van der Waals surface area (Å²) in [6.07, 6.45) is 2.32. The largest absolute Gasteiger partial charge is 0.497 e. The first-order valence-corrected chi connectivity index (χ1v) is 12.9. The van der Waals surface area contributed by atoms with Crippen molar-refractivity contribution in [3.63, 3.8) is 0 Å². The molecule has 0 N–H and O–H groups in total. The highest BCUT2D eigenvalue weighted by Crippen LogP contribution is 2.36. The van der Waals surface area contributed by atoms with E-state index in [1.165, 1.54) is 34.7 Å². The molecule has 1 atom stereocenters. The molecule has 0 aromatic heterocycles. The Morgan fingerprint density at radius 1 is 0.946 bits per heavy atom. The fourth-order valence-electron chi connectivity index (χ4n) is 5.70. The lowest BCUT2D eigenvalue weighted by Crippen LogP contribution is -2.65. The van der Waals surface area contributed by atoms with Gasteiger partial charge in [0.05, 0.1) is 39.0 Å². The zero-order valence-electron chi connectivity index (χ0n) is 21.1. The minimum absolute atomic E-state index is 0.164. The molecule has 0 spiro atoms. The van der Waals surface area contributed by atoms with Crippen LogP contribution in [0, 0.1) is 17.6 Å². The molecule has 1 amide bonds. The summed E-state index contributed by atoms with van der Waals surface area (Å²) in [6, 6.07) is 20.1. The van der Waals surface area contributed by atoms with Gasteiger partial charge < -0.3 is 14.0 Å². The number of fused-ring (bicyclic) bond motifs is 3. The van der Waals surface area contributed by atoms with E-state index in [2.05, 4.69) is 12.1 Å². The van der Waals surface area contributed by atoms with Crippen LogP contribution in [-0.2, 0) is 17.7 Å². The molecule has 3 heterocycles. The topological polar surface area (TPSA) is 38.8 Å². The van der Waals surface area contributed by atoms with Crippen LogP contribution in [0.25, 0.3) is 0 Å². The highest BCUT2D eigenvalue weighted by Gasteiger charge is 2.47. The zero-order chi connectivity index (χ0) is 25.8. The maximum Gasteiger partial charge on any atom is 0.415 e. The molecular weight excluding hydrogens is 474 g/mol. The Kier molecular flexibility index (Phi) is 7.42. The van der Waals surface area contributed by atoms with Crippen LogP contribution in [0.15, 0.2) is 72.8 Å². The Labute approximate surface area is 216 Å². The summed E-state index contributed by atoms with van der Waals surface area (Å²) in [5, 5.41) is 0. The lowest BCUT2D eigenvalue weighted by Gasteiger charge is -2.52. The second-order valence-electron chi connectivity index (χ2n) is 10.2. The Morgan fingerprint density at radius 2 is 1.65 bits per heavy atom. The van der Waals surface area contributed by atoms with Crippen molar-refractivity contribution in [3.05, 3.63) is 95.6 Å². The zero-order valence-corrected chi connectivity index (χ0v) is 21.1. The maximum atomic E-state index is 14.0. The predicted octanol–water partition coefficient (Wildman–Crippen LogP) is 5.97. The Morgan fingerprint density at radius 3 is 2.32 bits per heavy atom. The van der Waals surface area contributed by atoms with Gasteiger partial charge in [0.2, 0.25) is 0 Å². The van der Waals surface area contributed by atoms with Gasteiger partial charge in [-0.15, -0.1) is 0 Å². The van der Waals surface area contributed by atoms with Crippen molar-refractivity contribution in [2.45, 2.75) is 31.9 Å². The molecule has 3 fully saturated rings. The average Bonchev–Trinajstić information content (AvgIpc) is 2.92. The van der Waals surface area contributed by atoms with Crippen LogP contribution >= 0.6 is 0 Å². The third-order valence-electron chi connectivity index (χ3n) is 7.92. The minimum atomic E-state index is -0.498. The van der Waals surface area contributed by atoms with Crippen LogP contribution in [0.2, 0.25) is 0 Å². The molecule has 3 aromatic rings. The summed E-state index contributed by atoms with van der Waals surface area (Å²) in [7, 11) is 1.67. The third-order valence-corrected chi connectivity index (χ3v) is 7.92. The van der Waals surface area contributed by atoms with Crippen LogP contribution in [0.1, 0.15) is 24.0 Å². The maximum absolute atomic E-state index is 14.0. The van der Waals surface area contributed by atoms with Crippen molar-refractivity contribution in [2.24, 2.45) is 5.92 Å². The molecule has 3 aliphatic heterocycles. The van der Waals surface area contributed by atoms with E-state index in [4.69, 9.17) is 9.47 Å². The molecule has 5 nitrogen and oxygen atoms in total. The SMILES string of the molecule is COc1ccc(CC[N+]23CCC(CC2)C(OC(=O)N(Cc2ccc(F)cc2)c2cccc(F)c2)C3)cc1. The smallest absolute Gasteiger partial charge is 0.415 e. The van der Waals surface area contributed by atoms with E-state index in [-0.39, 0.29) is 18.5 Å². The van der Waals surface area contributed by atoms with Gasteiger partial charge in [-0.25, -0.2) is 13.6 Å². The second-order valence-corrected chi connectivity index (χ2v) is 10.2. The Bertz CT molecular complexity index is 1210. The Hall–Kier alpha value is -3.45. The summed E-state index contributed by atoms with van der Waals surface area (Å²) in [4.78, 5) is 14.9. The van der Waals surface area contributed by atoms with Crippen LogP contribution in [0.4, 0.5) is 19.3 Å². The average molecular weight is 508 g/mol. The van der Waals surface area contributed by atoms with Crippen molar-refractivity contribution in [3.8, 4) is 5.75 Å². The summed E-state index contributed by atoms with van der Waals surface area (Å²) in [5.41, 5.74) is 2.42. The number of carbonyl (C=O) groups excluding carboxylic acids is 1. The summed E-state index contributed by atoms with van der Waals surface area (Å²) >= 11 is 0. The van der Waals surface area contributed by atoms with Crippen molar-refractivity contribution in [1.82, 2.24) is 0 Å². The molecule has 7 heteroatoms. The molecular formula is C30H33F2N2O3+. The minimum Gasteiger partial charge on any atom is -0.497 e. The summed E-state index contributed by atoms with van der Waals surface area (Å²) < 4.78 is 39.8. The molecule has 2 bridgehead atoms. The normalized spacial score (nSPS) is 22.5. The molecule has 1 unspecified atom stereocenters. The van der Waals surface area contributed by atoms with Gasteiger partial charge in [0.25, 0.3) is 0 Å². The fraction of sp³-hybridized carbons (Fsp3) is 0.367. The molecule has 6 rings (SSSR count). The molecule has 0 radical (unpaired) electrons. The first kappa shape index (κ1) is 25.2. The Balaban J connectivity index is 1.29. The lowest BCUT2D eigenvalue weighted by molar-refractivity contribution is -0.945. The number of hydrogen-bond acceptors (Lipinski definition) is 3. The monoisotopic (exact) mass is 507 g/mol. The van der Waals surface area contributed by atoms with Crippen LogP contribution in [-0.4, -0.2) is 50.0 Å². The van der Waals surface area contributed by atoms with Gasteiger partial charge in [-0.2, -0.15) is 0 Å². The van der Waals surface area contributed by atoms with E-state index in [9.17, 15) is 13.6 Å². The number of methoxy groups -OCH3 is 1. The number of hydrogen-bond donors (Lipinski definition) is 0. The van der Waals surface area contributed by atoms with Gasteiger partial charge >= 0.3 is 6.09 Å². The first-order chi connectivity index (χ1) is 17.9. The standard InChI is InChI=1S/C30H33F2N2O3/c1-36-28-11-7-22(8-12-28)13-16-34-17-14-24(15-18-34)29(21-34)37-30(35)33(27-4-2-3-26(32)19-27)20-23-5-9-25(31)10-6-23/h2-12,19,24,29H,13-18,20-21H2,1H3/q+1. The van der Waals surface area contributed by atoms with E-state index >= 15 is 0 Å². The second kappa shape index (κ2) is 10.9. The summed E-state index contributed by atoms with van der Waals surface area (Å²) in [5.74, 6) is 0.412. The van der Waals surface area contributed by atoms with Crippen molar-refractivity contribution in [2.75, 3.05) is 38.2 Å². The fourth-order valence-corrected chi connectivity index (χ4v) is 5.70. The van der Waals surface area contributed by atoms with Gasteiger partial charge in [-0.1, -0.05) is 30.3 Å². The number of carbonyl (C=O) groups is 1. The van der Waals surface area contributed by atoms with Crippen molar-refractivity contribution < 1.29 is 27.5 Å². The highest BCUT2D eigenvalue weighted by atomic mass is 19.1. The number of amides is 1. The van der Waals surface area contributed by atoms with Gasteiger partial charge in [0.15, 0.2) is 6.10 Å². The number of halogens is 2. The van der Waals surface area contributed by atoms with E-state index in [1.54, 1.807) is 31.4 Å². The molecule has 194 valence electrons. The predicted molar refractivity (Wildman–Crippen MR) is 138 cm³/mol. The molecule has 3 aliphatic rings.